The number of benzene rings is 2. The number of aromatic amines is 1. The second-order valence-corrected chi connectivity index (χ2v) is 10.8. The van der Waals surface area contributed by atoms with E-state index in [0.717, 1.165) is 28.6 Å². The van der Waals surface area contributed by atoms with Gasteiger partial charge in [0.2, 0.25) is 0 Å². The molecule has 3 heterocycles. The molecule has 1 unspecified atom stereocenters. The van der Waals surface area contributed by atoms with Crippen LogP contribution >= 0.6 is 0 Å². The predicted octanol–water partition coefficient (Wildman–Crippen LogP) is 5.31. The fraction of sp³-hybridized carbons (Fsp3) is 0.483. The Kier molecular flexibility index (Phi) is 7.68. The lowest BCUT2D eigenvalue weighted by molar-refractivity contribution is -0.0869. The third-order valence-corrected chi connectivity index (χ3v) is 8.10. The molecule has 3 aromatic rings. The number of hydrogen-bond acceptors (Lipinski definition) is 4. The second kappa shape index (κ2) is 10.9. The van der Waals surface area contributed by atoms with Gasteiger partial charge in [-0.1, -0.05) is 18.2 Å². The lowest BCUT2D eigenvalue weighted by atomic mass is 9.80. The molecular weight excluding hydrogens is 515 g/mol. The third-order valence-electron chi connectivity index (χ3n) is 8.10. The van der Waals surface area contributed by atoms with Crippen molar-refractivity contribution in [3.63, 3.8) is 0 Å². The first-order valence-electron chi connectivity index (χ1n) is 13.2. The van der Waals surface area contributed by atoms with Crippen LogP contribution in [0.2, 0.25) is 0 Å². The number of aliphatic hydroxyl groups is 1. The van der Waals surface area contributed by atoms with Gasteiger partial charge in [0, 0.05) is 53.8 Å². The number of nitrogens with one attached hydrogen (secondary N) is 1. The van der Waals surface area contributed by atoms with Crippen LogP contribution in [0, 0.1) is 28.9 Å². The molecule has 208 valence electrons. The second-order valence-electron chi connectivity index (χ2n) is 10.8. The van der Waals surface area contributed by atoms with Crippen LogP contribution in [-0.2, 0) is 6.42 Å². The van der Waals surface area contributed by atoms with Crippen LogP contribution in [0.5, 0.6) is 0 Å². The fourth-order valence-electron chi connectivity index (χ4n) is 6.16. The molecule has 2 aliphatic heterocycles. The Morgan fingerprint density at radius 2 is 1.87 bits per heavy atom. The predicted molar refractivity (Wildman–Crippen MR) is 137 cm³/mol. The van der Waals surface area contributed by atoms with Crippen molar-refractivity contribution in [1.82, 2.24) is 14.8 Å². The molecule has 10 heteroatoms. The first-order valence-corrected chi connectivity index (χ1v) is 13.2. The Balaban J connectivity index is 1.55. The van der Waals surface area contributed by atoms with Gasteiger partial charge in [0.1, 0.15) is 18.2 Å². The van der Waals surface area contributed by atoms with Crippen LogP contribution in [0.1, 0.15) is 47.7 Å². The molecule has 2 aromatic carbocycles. The number of nitrogens with zero attached hydrogens (tertiary/aromatic N) is 3. The number of halogens is 5. The maximum absolute atomic E-state index is 15.9. The minimum Gasteiger partial charge on any atom is -0.390 e. The van der Waals surface area contributed by atoms with Crippen LogP contribution in [0.25, 0.3) is 10.9 Å². The monoisotopic (exact) mass is 546 g/mol. The van der Waals surface area contributed by atoms with E-state index in [1.54, 1.807) is 6.92 Å². The summed E-state index contributed by atoms with van der Waals surface area (Å²) in [6.07, 6.45) is 0.777. The van der Waals surface area contributed by atoms with Gasteiger partial charge >= 0.3 is 0 Å². The topological polar surface area (TPSA) is 66.3 Å². The molecule has 5 rings (SSSR count). The van der Waals surface area contributed by atoms with E-state index < -0.39 is 55.4 Å². The molecule has 2 aliphatic rings. The third kappa shape index (κ3) is 5.15. The van der Waals surface area contributed by atoms with Crippen LogP contribution < -0.4 is 0 Å². The van der Waals surface area contributed by atoms with Crippen molar-refractivity contribution in [2.24, 2.45) is 5.92 Å². The van der Waals surface area contributed by atoms with Crippen LogP contribution in [0.4, 0.5) is 22.0 Å². The van der Waals surface area contributed by atoms with Crippen molar-refractivity contribution in [1.29, 1.82) is 5.26 Å². The Labute approximate surface area is 223 Å². The highest BCUT2D eigenvalue weighted by atomic mass is 19.3. The molecule has 0 aliphatic carbocycles. The van der Waals surface area contributed by atoms with Crippen LogP contribution in [0.15, 0.2) is 36.4 Å². The summed E-state index contributed by atoms with van der Waals surface area (Å²) in [5.74, 6) is -6.21. The van der Waals surface area contributed by atoms with Crippen molar-refractivity contribution >= 4 is 10.9 Å². The molecule has 2 N–H and O–H groups in total. The minimum atomic E-state index is -3.48. The van der Waals surface area contributed by atoms with E-state index in [9.17, 15) is 23.5 Å². The first-order chi connectivity index (χ1) is 18.7. The summed E-state index contributed by atoms with van der Waals surface area (Å²) >= 11 is 0. The zero-order valence-corrected chi connectivity index (χ0v) is 21.6. The van der Waals surface area contributed by atoms with Gasteiger partial charge < -0.3 is 15.0 Å². The van der Waals surface area contributed by atoms with Crippen molar-refractivity contribution in [2.45, 2.75) is 43.7 Å². The molecule has 0 radical (unpaired) electrons. The van der Waals surface area contributed by atoms with Gasteiger partial charge in [0.05, 0.1) is 31.2 Å². The summed E-state index contributed by atoms with van der Waals surface area (Å²) in [6.45, 7) is 0.653. The molecule has 1 aromatic heterocycles. The van der Waals surface area contributed by atoms with Crippen molar-refractivity contribution in [3.05, 3.63) is 70.4 Å². The SMILES string of the molecule is C[C@@H]1Cc2c([nH]c3ccccc23)[C@@H](c2c(F)cc(C(C#N)C3CN(CCCF)C3)cc2F)N1CC(F)(F)CO. The number of fused-ring (bicyclic) bond motifs is 3. The number of rotatable bonds is 9. The number of alkyl halides is 3. The molecule has 3 atom stereocenters. The molecule has 0 bridgehead atoms. The summed E-state index contributed by atoms with van der Waals surface area (Å²) in [5, 5.41) is 20.0. The standard InChI is InChI=1S/C29H31F5N4O/c1-17-9-21-20-5-2-3-6-25(20)36-27(21)28(38(17)15-29(33,34)16-39)26-23(31)10-18(11-24(26)32)22(12-35)19-13-37(14-19)8-4-7-30/h2-3,5-6,10-11,17,19,22,28,36,39H,4,7-9,13-16H2,1H3/t17-,22?,28-/m1/s1. The van der Waals surface area contributed by atoms with Gasteiger partial charge in [-0.3, -0.25) is 9.29 Å². The zero-order valence-electron chi connectivity index (χ0n) is 21.6. The normalized spacial score (nSPS) is 21.5. The molecule has 39 heavy (non-hydrogen) atoms. The fourth-order valence-corrected chi connectivity index (χ4v) is 6.16. The number of hydrogen-bond donors (Lipinski definition) is 2. The molecule has 5 nitrogen and oxygen atoms in total. The lowest BCUT2D eigenvalue weighted by Crippen LogP contribution is -2.50. The minimum absolute atomic E-state index is 0.144. The van der Waals surface area contributed by atoms with Gasteiger partial charge in [0.15, 0.2) is 0 Å². The smallest absolute Gasteiger partial charge is 0.283 e. The summed E-state index contributed by atoms with van der Waals surface area (Å²) < 4.78 is 73.3. The number of aromatic nitrogens is 1. The molecule has 0 amide bonds. The summed E-state index contributed by atoms with van der Waals surface area (Å²) in [5.41, 5.74) is 1.81. The number of para-hydroxylation sites is 1. The van der Waals surface area contributed by atoms with Crippen molar-refractivity contribution < 1.29 is 27.1 Å². The summed E-state index contributed by atoms with van der Waals surface area (Å²) in [4.78, 5) is 6.55. The Hall–Kier alpha value is -3.00. The van der Waals surface area contributed by atoms with Gasteiger partial charge in [-0.05, 0) is 49.1 Å². The summed E-state index contributed by atoms with van der Waals surface area (Å²) in [7, 11) is 0. The largest absolute Gasteiger partial charge is 0.390 e. The van der Waals surface area contributed by atoms with E-state index in [-0.39, 0.29) is 17.0 Å². The Morgan fingerprint density at radius 3 is 2.51 bits per heavy atom. The van der Waals surface area contributed by atoms with Crippen molar-refractivity contribution in [2.75, 3.05) is 39.5 Å². The van der Waals surface area contributed by atoms with E-state index in [4.69, 9.17) is 0 Å². The quantitative estimate of drug-likeness (QED) is 0.357. The lowest BCUT2D eigenvalue weighted by Gasteiger charge is -2.43. The average Bonchev–Trinajstić information content (AvgIpc) is 3.24. The Morgan fingerprint density at radius 1 is 1.18 bits per heavy atom. The highest BCUT2D eigenvalue weighted by Gasteiger charge is 2.44. The van der Waals surface area contributed by atoms with E-state index in [2.05, 4.69) is 11.1 Å². The van der Waals surface area contributed by atoms with Crippen molar-refractivity contribution in [3.8, 4) is 6.07 Å². The maximum Gasteiger partial charge on any atom is 0.283 e. The highest BCUT2D eigenvalue weighted by molar-refractivity contribution is 5.85. The van der Waals surface area contributed by atoms with Gasteiger partial charge in [0.25, 0.3) is 5.92 Å². The molecule has 0 spiro atoms. The molecule has 0 saturated carbocycles. The summed E-state index contributed by atoms with van der Waals surface area (Å²) in [6, 6.07) is 10.1. The van der Waals surface area contributed by atoms with E-state index in [0.29, 0.717) is 38.2 Å². The highest BCUT2D eigenvalue weighted by Crippen LogP contribution is 2.44. The zero-order chi connectivity index (χ0) is 27.9. The average molecular weight is 547 g/mol. The molecular formula is C29H31F5N4O. The number of nitriles is 1. The number of H-pyrrole nitrogens is 1. The van der Waals surface area contributed by atoms with Gasteiger partial charge in [-0.15, -0.1) is 0 Å². The Bertz CT molecular complexity index is 1360. The first kappa shape index (κ1) is 27.6. The number of likely N-dealkylation sites (tertiary alicyclic amines) is 1. The number of aliphatic hydroxyl groups excluding tert-OH is 1. The van der Waals surface area contributed by atoms with Crippen LogP contribution in [-0.4, -0.2) is 71.3 Å². The van der Waals surface area contributed by atoms with Gasteiger partial charge in [-0.2, -0.15) is 5.26 Å². The molecule has 1 saturated heterocycles. The maximum atomic E-state index is 15.9. The van der Waals surface area contributed by atoms with E-state index in [1.165, 1.54) is 4.90 Å². The molecule has 1 fully saturated rings. The van der Waals surface area contributed by atoms with Crippen LogP contribution in [0.3, 0.4) is 0 Å². The van der Waals surface area contributed by atoms with E-state index in [1.807, 2.05) is 29.2 Å². The van der Waals surface area contributed by atoms with Gasteiger partial charge in [-0.25, -0.2) is 17.6 Å². The van der Waals surface area contributed by atoms with E-state index >= 15 is 8.78 Å².